The van der Waals surface area contributed by atoms with Gasteiger partial charge < -0.3 is 10.6 Å². The van der Waals surface area contributed by atoms with E-state index in [0.717, 1.165) is 11.6 Å². The number of nitriles is 1. The second-order valence-corrected chi connectivity index (χ2v) is 3.19. The van der Waals surface area contributed by atoms with Gasteiger partial charge in [-0.15, -0.1) is 6.58 Å². The summed E-state index contributed by atoms with van der Waals surface area (Å²) in [4.78, 5) is 8.44. The van der Waals surface area contributed by atoms with Crippen molar-refractivity contribution in [3.8, 4) is 6.07 Å². The van der Waals surface area contributed by atoms with E-state index in [0.29, 0.717) is 25.3 Å². The summed E-state index contributed by atoms with van der Waals surface area (Å²) in [6.07, 6.45) is 2.22. The fourth-order valence-electron chi connectivity index (χ4n) is 1.17. The summed E-state index contributed by atoms with van der Waals surface area (Å²) in [6.45, 7) is 6.70. The molecule has 0 radical (unpaired) electrons. The molecular weight excluding hydrogens is 202 g/mol. The van der Waals surface area contributed by atoms with Gasteiger partial charge in [0.15, 0.2) is 0 Å². The average Bonchev–Trinajstić information content (AvgIpc) is 2.26. The average molecular weight is 217 g/mol. The lowest BCUT2D eigenvalue weighted by atomic mass is 10.4. The predicted octanol–water partition coefficient (Wildman–Crippen LogP) is 1.71. The molecule has 5 heteroatoms. The number of nitrogens with zero attached hydrogens (tertiary/aromatic N) is 3. The summed E-state index contributed by atoms with van der Waals surface area (Å²) < 4.78 is 0. The van der Waals surface area contributed by atoms with E-state index in [9.17, 15) is 0 Å². The van der Waals surface area contributed by atoms with Gasteiger partial charge in [0.05, 0.1) is 12.5 Å². The second-order valence-electron chi connectivity index (χ2n) is 3.19. The van der Waals surface area contributed by atoms with E-state index >= 15 is 0 Å². The number of anilines is 2. The van der Waals surface area contributed by atoms with Crippen molar-refractivity contribution < 1.29 is 0 Å². The van der Waals surface area contributed by atoms with E-state index in [1.54, 1.807) is 6.08 Å². The monoisotopic (exact) mass is 217 g/mol. The highest BCUT2D eigenvalue weighted by molar-refractivity contribution is 5.47. The number of hydrogen-bond donors (Lipinski definition) is 2. The van der Waals surface area contributed by atoms with Crippen LogP contribution in [0.2, 0.25) is 0 Å². The van der Waals surface area contributed by atoms with Crippen LogP contribution in [0.4, 0.5) is 11.6 Å². The van der Waals surface area contributed by atoms with Gasteiger partial charge in [-0.25, -0.2) is 9.97 Å². The van der Waals surface area contributed by atoms with Crippen molar-refractivity contribution in [2.24, 2.45) is 0 Å². The first kappa shape index (κ1) is 12.0. The van der Waals surface area contributed by atoms with Crippen LogP contribution in [-0.4, -0.2) is 23.1 Å². The van der Waals surface area contributed by atoms with E-state index in [1.807, 2.05) is 13.0 Å². The zero-order chi connectivity index (χ0) is 11.8. The Morgan fingerprint density at radius 1 is 1.44 bits per heavy atom. The van der Waals surface area contributed by atoms with Crippen LogP contribution in [0, 0.1) is 18.3 Å². The molecule has 2 N–H and O–H groups in total. The van der Waals surface area contributed by atoms with Crippen LogP contribution in [0.25, 0.3) is 0 Å². The van der Waals surface area contributed by atoms with Crippen molar-refractivity contribution in [2.75, 3.05) is 23.7 Å². The van der Waals surface area contributed by atoms with Gasteiger partial charge in [-0.2, -0.15) is 5.26 Å². The molecule has 84 valence electrons. The smallest absolute Gasteiger partial charge is 0.132 e. The van der Waals surface area contributed by atoms with Crippen molar-refractivity contribution in [2.45, 2.75) is 13.3 Å². The van der Waals surface area contributed by atoms with Gasteiger partial charge >= 0.3 is 0 Å². The minimum atomic E-state index is 0.457. The van der Waals surface area contributed by atoms with E-state index in [-0.39, 0.29) is 0 Å². The molecule has 1 heterocycles. The Balaban J connectivity index is 2.66. The first-order valence-electron chi connectivity index (χ1n) is 5.07. The topological polar surface area (TPSA) is 73.6 Å². The third-order valence-corrected chi connectivity index (χ3v) is 1.81. The third-order valence-electron chi connectivity index (χ3n) is 1.81. The molecule has 0 amide bonds. The highest BCUT2D eigenvalue weighted by Gasteiger charge is 2.00. The van der Waals surface area contributed by atoms with Gasteiger partial charge in [0.25, 0.3) is 0 Å². The maximum Gasteiger partial charge on any atom is 0.132 e. The normalized spacial score (nSPS) is 9.25. The first-order valence-corrected chi connectivity index (χ1v) is 5.07. The van der Waals surface area contributed by atoms with E-state index in [4.69, 9.17) is 5.26 Å². The summed E-state index contributed by atoms with van der Waals surface area (Å²) in [5.41, 5.74) is 0. The molecule has 0 aliphatic rings. The van der Waals surface area contributed by atoms with E-state index in [1.165, 1.54) is 0 Å². The summed E-state index contributed by atoms with van der Waals surface area (Å²) in [6, 6.07) is 3.88. The number of aromatic nitrogens is 2. The third kappa shape index (κ3) is 3.96. The van der Waals surface area contributed by atoms with E-state index in [2.05, 4.69) is 33.2 Å². The van der Waals surface area contributed by atoms with Crippen LogP contribution in [0.15, 0.2) is 18.7 Å². The summed E-state index contributed by atoms with van der Waals surface area (Å²) in [5, 5.41) is 14.6. The molecule has 5 nitrogen and oxygen atoms in total. The molecule has 1 rings (SSSR count). The molecule has 0 bridgehead atoms. The molecule has 1 aromatic heterocycles. The van der Waals surface area contributed by atoms with Gasteiger partial charge in [-0.3, -0.25) is 0 Å². The lowest BCUT2D eigenvalue weighted by molar-refractivity contribution is 1.00. The molecule has 0 aromatic carbocycles. The SMILES string of the molecule is C=CCNc1cc(NCCC#N)nc(C)n1. The second kappa shape index (κ2) is 6.40. The van der Waals surface area contributed by atoms with Crippen molar-refractivity contribution in [3.63, 3.8) is 0 Å². The fraction of sp³-hybridized carbons (Fsp3) is 0.364. The van der Waals surface area contributed by atoms with Crippen LogP contribution >= 0.6 is 0 Å². The molecule has 0 unspecified atom stereocenters. The van der Waals surface area contributed by atoms with Gasteiger partial charge in [0, 0.05) is 19.2 Å². The van der Waals surface area contributed by atoms with Crippen molar-refractivity contribution >= 4 is 11.6 Å². The molecule has 16 heavy (non-hydrogen) atoms. The maximum atomic E-state index is 8.42. The fourth-order valence-corrected chi connectivity index (χ4v) is 1.17. The number of hydrogen-bond acceptors (Lipinski definition) is 5. The van der Waals surface area contributed by atoms with Crippen LogP contribution in [0.3, 0.4) is 0 Å². The molecule has 0 fully saturated rings. The largest absolute Gasteiger partial charge is 0.369 e. The number of aryl methyl sites for hydroxylation is 1. The lowest BCUT2D eigenvalue weighted by Gasteiger charge is -2.07. The predicted molar refractivity (Wildman–Crippen MR) is 64.2 cm³/mol. The summed E-state index contributed by atoms with van der Waals surface area (Å²) in [7, 11) is 0. The molecule has 0 aliphatic heterocycles. The van der Waals surface area contributed by atoms with Gasteiger partial charge in [-0.05, 0) is 6.92 Å². The molecular formula is C11H15N5. The standard InChI is InChI=1S/C11H15N5/c1-3-6-13-10-8-11(14-7-4-5-12)16-9(2)15-10/h3,8H,1,4,6-7H2,2H3,(H2,13,14,15,16). The van der Waals surface area contributed by atoms with Crippen LogP contribution < -0.4 is 10.6 Å². The minimum Gasteiger partial charge on any atom is -0.369 e. The maximum absolute atomic E-state index is 8.42. The van der Waals surface area contributed by atoms with Crippen LogP contribution in [-0.2, 0) is 0 Å². The number of nitrogens with one attached hydrogen (secondary N) is 2. The Labute approximate surface area is 95.2 Å². The first-order chi connectivity index (χ1) is 7.76. The van der Waals surface area contributed by atoms with Gasteiger partial charge in [-0.1, -0.05) is 6.08 Å². The zero-order valence-corrected chi connectivity index (χ0v) is 9.32. The van der Waals surface area contributed by atoms with Crippen LogP contribution in [0.1, 0.15) is 12.2 Å². The van der Waals surface area contributed by atoms with Crippen LogP contribution in [0.5, 0.6) is 0 Å². The molecule has 0 atom stereocenters. The van der Waals surface area contributed by atoms with E-state index < -0.39 is 0 Å². The Morgan fingerprint density at radius 2 is 2.12 bits per heavy atom. The highest BCUT2D eigenvalue weighted by Crippen LogP contribution is 2.10. The molecule has 0 saturated carbocycles. The molecule has 0 saturated heterocycles. The quantitative estimate of drug-likeness (QED) is 0.560. The Hall–Kier alpha value is -2.09. The zero-order valence-electron chi connectivity index (χ0n) is 9.32. The molecule has 1 aromatic rings. The Kier molecular flexibility index (Phi) is 4.80. The Bertz CT molecular complexity index is 394. The minimum absolute atomic E-state index is 0.457. The molecule has 0 aliphatic carbocycles. The number of rotatable bonds is 6. The molecule has 0 spiro atoms. The van der Waals surface area contributed by atoms with Crippen molar-refractivity contribution in [1.82, 2.24) is 9.97 Å². The lowest BCUT2D eigenvalue weighted by Crippen LogP contribution is -2.07. The highest BCUT2D eigenvalue weighted by atomic mass is 15.1. The summed E-state index contributed by atoms with van der Waals surface area (Å²) >= 11 is 0. The summed E-state index contributed by atoms with van der Waals surface area (Å²) in [5.74, 6) is 2.18. The van der Waals surface area contributed by atoms with Gasteiger partial charge in [0.1, 0.15) is 17.5 Å². The van der Waals surface area contributed by atoms with Gasteiger partial charge in [0.2, 0.25) is 0 Å². The van der Waals surface area contributed by atoms with Crippen molar-refractivity contribution in [1.29, 1.82) is 5.26 Å². The van der Waals surface area contributed by atoms with Crippen molar-refractivity contribution in [3.05, 3.63) is 24.5 Å². The Morgan fingerprint density at radius 3 is 2.75 bits per heavy atom.